The molecule has 40 heavy (non-hydrogen) atoms. The van der Waals surface area contributed by atoms with Crippen molar-refractivity contribution in [2.45, 2.75) is 57.9 Å². The predicted molar refractivity (Wildman–Crippen MR) is 148 cm³/mol. The van der Waals surface area contributed by atoms with Gasteiger partial charge >= 0.3 is 5.97 Å². The lowest BCUT2D eigenvalue weighted by Crippen LogP contribution is -2.38. The summed E-state index contributed by atoms with van der Waals surface area (Å²) in [5, 5.41) is 13.1. The van der Waals surface area contributed by atoms with Crippen molar-refractivity contribution in [1.29, 1.82) is 0 Å². The van der Waals surface area contributed by atoms with Gasteiger partial charge in [0.25, 0.3) is 5.91 Å². The monoisotopic (exact) mass is 568 g/mol. The van der Waals surface area contributed by atoms with Crippen LogP contribution in [0.1, 0.15) is 71.6 Å². The predicted octanol–water partition coefficient (Wildman–Crippen LogP) is 4.30. The molecule has 2 N–H and O–H groups in total. The Labute approximate surface area is 235 Å². The van der Waals surface area contributed by atoms with Crippen molar-refractivity contribution in [1.82, 2.24) is 14.6 Å². The number of amides is 1. The molecule has 0 spiro atoms. The number of aliphatic carboxylic acids is 1. The first-order chi connectivity index (χ1) is 19.2. The molecule has 0 bridgehead atoms. The van der Waals surface area contributed by atoms with E-state index >= 15 is 0 Å². The summed E-state index contributed by atoms with van der Waals surface area (Å²) in [4.78, 5) is 29.8. The van der Waals surface area contributed by atoms with E-state index in [2.05, 4.69) is 5.32 Å². The third-order valence-electron chi connectivity index (χ3n) is 8.08. The standard InChI is InChI=1S/C29H35N3O7S/c1-18-4-6-20(7-5-18)25-24(26(33)30-2)22-16-21(19-8-9-19)23(31-27(22)39-25)17-32(40(36)37)13-3-10-29(28(34)35)11-14-38-15-12-29/h4-7,16,19H,3,8-15,17H2,1-2H3,(H,30,33)(H,34,35)(H,36,37)/p-1. The van der Waals surface area contributed by atoms with Crippen molar-refractivity contribution in [3.63, 3.8) is 0 Å². The van der Waals surface area contributed by atoms with E-state index in [1.807, 2.05) is 37.3 Å². The molecule has 2 fully saturated rings. The molecule has 1 atom stereocenters. The van der Waals surface area contributed by atoms with Gasteiger partial charge in [-0.05, 0) is 63.0 Å². The van der Waals surface area contributed by atoms with E-state index in [4.69, 9.17) is 14.1 Å². The van der Waals surface area contributed by atoms with Gasteiger partial charge in [-0.1, -0.05) is 29.8 Å². The average Bonchev–Trinajstić information content (AvgIpc) is 3.72. The van der Waals surface area contributed by atoms with Crippen molar-refractivity contribution < 1.29 is 32.6 Å². The van der Waals surface area contributed by atoms with E-state index in [1.165, 1.54) is 4.31 Å². The molecule has 2 aromatic heterocycles. The van der Waals surface area contributed by atoms with Crippen LogP contribution in [0.4, 0.5) is 0 Å². The minimum atomic E-state index is -2.53. The van der Waals surface area contributed by atoms with Crippen LogP contribution in [0.2, 0.25) is 0 Å². The number of fused-ring (bicyclic) bond motifs is 1. The second kappa shape index (κ2) is 11.8. The summed E-state index contributed by atoms with van der Waals surface area (Å²) in [5.74, 6) is -0.488. The van der Waals surface area contributed by atoms with E-state index in [0.29, 0.717) is 61.3 Å². The highest BCUT2D eigenvalue weighted by Crippen LogP contribution is 2.44. The molecule has 3 heterocycles. The van der Waals surface area contributed by atoms with Crippen LogP contribution in [0, 0.1) is 12.3 Å². The Morgan fingerprint density at radius 2 is 1.93 bits per heavy atom. The molecule has 1 aliphatic heterocycles. The number of nitrogens with one attached hydrogen (secondary N) is 1. The number of aryl methyl sites for hydroxylation is 1. The molecule has 10 nitrogen and oxygen atoms in total. The molecule has 2 aliphatic rings. The van der Waals surface area contributed by atoms with Crippen molar-refractivity contribution in [3.05, 3.63) is 52.7 Å². The van der Waals surface area contributed by atoms with E-state index in [0.717, 1.165) is 29.5 Å². The number of aromatic nitrogens is 1. The minimum Gasteiger partial charge on any atom is -0.760 e. The third kappa shape index (κ3) is 5.83. The van der Waals surface area contributed by atoms with Crippen molar-refractivity contribution in [2.75, 3.05) is 26.8 Å². The molecule has 1 aliphatic carbocycles. The fraction of sp³-hybridized carbons (Fsp3) is 0.483. The van der Waals surface area contributed by atoms with Gasteiger partial charge in [0.1, 0.15) is 5.76 Å². The maximum Gasteiger partial charge on any atom is 0.309 e. The molecule has 5 rings (SSSR count). The molecular weight excluding hydrogens is 534 g/mol. The fourth-order valence-corrected chi connectivity index (χ4v) is 6.01. The number of benzene rings is 1. The minimum absolute atomic E-state index is 0.0386. The Kier molecular flexibility index (Phi) is 8.37. The maximum absolute atomic E-state index is 13.0. The molecular formula is C29H34N3O7S-. The Balaban J connectivity index is 1.45. The first-order valence-electron chi connectivity index (χ1n) is 13.6. The number of rotatable bonds is 11. The van der Waals surface area contributed by atoms with Gasteiger partial charge in [0.15, 0.2) is 0 Å². The van der Waals surface area contributed by atoms with Crippen LogP contribution in [0.5, 0.6) is 0 Å². The largest absolute Gasteiger partial charge is 0.760 e. The second-order valence-corrected chi connectivity index (χ2v) is 11.7. The van der Waals surface area contributed by atoms with Gasteiger partial charge in [0, 0.05) is 43.6 Å². The normalized spacial score (nSPS) is 17.7. The quantitative estimate of drug-likeness (QED) is 0.326. The number of carboxylic acid groups (broad SMARTS) is 1. The van der Waals surface area contributed by atoms with E-state index in [9.17, 15) is 23.5 Å². The summed E-state index contributed by atoms with van der Waals surface area (Å²) in [6, 6.07) is 9.61. The van der Waals surface area contributed by atoms with E-state index in [1.54, 1.807) is 7.05 Å². The molecule has 1 unspecified atom stereocenters. The zero-order valence-corrected chi connectivity index (χ0v) is 23.6. The smallest absolute Gasteiger partial charge is 0.309 e. The lowest BCUT2D eigenvalue weighted by Gasteiger charge is -2.34. The van der Waals surface area contributed by atoms with Gasteiger partial charge in [-0.15, -0.1) is 0 Å². The zero-order chi connectivity index (χ0) is 28.4. The lowest BCUT2D eigenvalue weighted by molar-refractivity contribution is -0.155. The number of carbonyl (C=O) groups excluding carboxylic acids is 1. The zero-order valence-electron chi connectivity index (χ0n) is 22.7. The van der Waals surface area contributed by atoms with Crippen LogP contribution in [-0.2, 0) is 27.3 Å². The summed E-state index contributed by atoms with van der Waals surface area (Å²) in [6.45, 7) is 2.98. The Morgan fingerprint density at radius 3 is 2.52 bits per heavy atom. The number of nitrogens with zero attached hydrogens (tertiary/aromatic N) is 2. The molecule has 3 aromatic rings. The number of carbonyl (C=O) groups is 2. The first-order valence-corrected chi connectivity index (χ1v) is 14.7. The first kappa shape index (κ1) is 28.4. The highest BCUT2D eigenvalue weighted by Gasteiger charge is 2.39. The summed E-state index contributed by atoms with van der Waals surface area (Å²) >= 11 is -2.53. The summed E-state index contributed by atoms with van der Waals surface area (Å²) in [5.41, 5.74) is 3.12. The van der Waals surface area contributed by atoms with Crippen LogP contribution >= 0.6 is 0 Å². The summed E-state index contributed by atoms with van der Waals surface area (Å²) in [6.07, 6.45) is 3.53. The van der Waals surface area contributed by atoms with Crippen LogP contribution in [-0.4, -0.2) is 61.8 Å². The number of hydrogen-bond donors (Lipinski definition) is 2. The Morgan fingerprint density at radius 1 is 1.23 bits per heavy atom. The summed E-state index contributed by atoms with van der Waals surface area (Å²) in [7, 11) is 1.57. The SMILES string of the molecule is CNC(=O)c1c(-c2ccc(C)cc2)oc2nc(CN(CCCC3(C(=O)O)CCOCC3)S(=O)[O-])c(C3CC3)cc12. The van der Waals surface area contributed by atoms with Gasteiger partial charge in [-0.2, -0.15) is 0 Å². The van der Waals surface area contributed by atoms with Gasteiger partial charge in [-0.3, -0.25) is 13.8 Å². The van der Waals surface area contributed by atoms with Gasteiger partial charge in [0.05, 0.1) is 28.6 Å². The molecule has 0 radical (unpaired) electrons. The number of pyridine rings is 1. The third-order valence-corrected chi connectivity index (χ3v) is 8.82. The molecule has 1 amide bonds. The molecule has 1 saturated carbocycles. The number of ether oxygens (including phenoxy) is 1. The van der Waals surface area contributed by atoms with Crippen molar-refractivity contribution in [2.24, 2.45) is 5.41 Å². The Bertz CT molecular complexity index is 1430. The highest BCUT2D eigenvalue weighted by atomic mass is 32.2. The number of carboxylic acids is 1. The van der Waals surface area contributed by atoms with Gasteiger partial charge in [-0.25, -0.2) is 9.29 Å². The van der Waals surface area contributed by atoms with Crippen LogP contribution in [0.15, 0.2) is 34.7 Å². The van der Waals surface area contributed by atoms with Crippen molar-refractivity contribution in [3.8, 4) is 11.3 Å². The van der Waals surface area contributed by atoms with Gasteiger partial charge in [0.2, 0.25) is 5.71 Å². The molecule has 11 heteroatoms. The number of hydrogen-bond acceptors (Lipinski definition) is 7. The van der Waals surface area contributed by atoms with Crippen LogP contribution in [0.3, 0.4) is 0 Å². The van der Waals surface area contributed by atoms with Crippen LogP contribution in [0.25, 0.3) is 22.4 Å². The molecule has 1 saturated heterocycles. The topological polar surface area (TPSA) is 145 Å². The molecule has 214 valence electrons. The van der Waals surface area contributed by atoms with Crippen molar-refractivity contribution >= 4 is 34.2 Å². The second-order valence-electron chi connectivity index (χ2n) is 10.8. The fourth-order valence-electron chi connectivity index (χ4n) is 5.51. The maximum atomic E-state index is 13.0. The number of furan rings is 1. The van der Waals surface area contributed by atoms with Gasteiger partial charge < -0.3 is 24.1 Å². The van der Waals surface area contributed by atoms with E-state index in [-0.39, 0.29) is 30.6 Å². The molecule has 1 aromatic carbocycles. The van der Waals surface area contributed by atoms with Crippen LogP contribution < -0.4 is 5.32 Å². The van der Waals surface area contributed by atoms with E-state index < -0.39 is 22.7 Å². The highest BCUT2D eigenvalue weighted by molar-refractivity contribution is 7.76. The Hall–Kier alpha value is -3.12. The average molecular weight is 569 g/mol. The summed E-state index contributed by atoms with van der Waals surface area (Å²) < 4.78 is 37.3. The lowest BCUT2D eigenvalue weighted by atomic mass is 9.76.